The molecule has 1 amide bonds. The van der Waals surface area contributed by atoms with Gasteiger partial charge in [-0.25, -0.2) is 0 Å². The van der Waals surface area contributed by atoms with Gasteiger partial charge in [-0.05, 0) is 12.8 Å². The van der Waals surface area contributed by atoms with Crippen molar-refractivity contribution in [1.29, 1.82) is 0 Å². The van der Waals surface area contributed by atoms with Gasteiger partial charge in [0, 0.05) is 6.42 Å². The summed E-state index contributed by atoms with van der Waals surface area (Å²) in [6.45, 7) is 4.75. The molecule has 0 radical (unpaired) electrons. The number of likely N-dealkylation sites (N-methyl/N-ethyl adjacent to an activating group) is 1. The van der Waals surface area contributed by atoms with Crippen LogP contribution in [-0.2, 0) is 18.4 Å². The van der Waals surface area contributed by atoms with E-state index in [-0.39, 0.29) is 19.1 Å². The van der Waals surface area contributed by atoms with Crippen molar-refractivity contribution in [2.45, 2.75) is 257 Å². The lowest BCUT2D eigenvalue weighted by Crippen LogP contribution is -2.46. The number of carbonyl (C=O) groups is 1. The molecule has 9 heteroatoms. The maximum Gasteiger partial charge on any atom is 0.268 e. The van der Waals surface area contributed by atoms with E-state index in [1.54, 1.807) is 0 Å². The fourth-order valence-electron chi connectivity index (χ4n) is 7.45. The smallest absolute Gasteiger partial charge is 0.268 e. The Kier molecular flexibility index (Phi) is 39.6. The van der Waals surface area contributed by atoms with Crippen LogP contribution in [0.1, 0.15) is 245 Å². The first-order chi connectivity index (χ1) is 27.0. The third kappa shape index (κ3) is 41.7. The minimum Gasteiger partial charge on any atom is -0.756 e. The van der Waals surface area contributed by atoms with Crippen LogP contribution in [-0.4, -0.2) is 68.5 Å². The number of aliphatic hydroxyl groups is 1. The second-order valence-corrected chi connectivity index (χ2v) is 19.6. The van der Waals surface area contributed by atoms with Crippen molar-refractivity contribution < 1.29 is 32.9 Å². The van der Waals surface area contributed by atoms with Crippen molar-refractivity contribution in [3.8, 4) is 0 Å². The average molecular weight is 817 g/mol. The molecule has 336 valence electrons. The number of phosphoric ester groups is 1. The molecular formula is C47H97N2O6P. The van der Waals surface area contributed by atoms with Crippen molar-refractivity contribution in [3.63, 3.8) is 0 Å². The van der Waals surface area contributed by atoms with Crippen molar-refractivity contribution in [2.75, 3.05) is 40.9 Å². The molecule has 0 aliphatic rings. The molecule has 56 heavy (non-hydrogen) atoms. The zero-order chi connectivity index (χ0) is 41.4. The van der Waals surface area contributed by atoms with E-state index in [1.165, 1.54) is 180 Å². The van der Waals surface area contributed by atoms with Gasteiger partial charge in [-0.2, -0.15) is 0 Å². The summed E-state index contributed by atoms with van der Waals surface area (Å²) < 4.78 is 23.3. The largest absolute Gasteiger partial charge is 0.756 e. The predicted molar refractivity (Wildman–Crippen MR) is 238 cm³/mol. The third-order valence-corrected chi connectivity index (χ3v) is 12.3. The van der Waals surface area contributed by atoms with Crippen LogP contribution in [0.3, 0.4) is 0 Å². The normalized spacial score (nSPS) is 14.2. The van der Waals surface area contributed by atoms with Gasteiger partial charge >= 0.3 is 0 Å². The third-order valence-electron chi connectivity index (χ3n) is 11.3. The topological polar surface area (TPSA) is 108 Å². The Bertz CT molecular complexity index is 885. The number of aliphatic hydroxyl groups excluding tert-OH is 1. The fourth-order valence-corrected chi connectivity index (χ4v) is 8.18. The first-order valence-corrected chi connectivity index (χ1v) is 25.8. The Morgan fingerprint density at radius 2 is 0.875 bits per heavy atom. The van der Waals surface area contributed by atoms with Crippen LogP contribution >= 0.6 is 7.82 Å². The number of unbranched alkanes of at least 4 members (excludes halogenated alkanes) is 32. The van der Waals surface area contributed by atoms with Gasteiger partial charge in [0.05, 0.1) is 39.9 Å². The maximum absolute atomic E-state index is 12.9. The van der Waals surface area contributed by atoms with E-state index in [1.807, 2.05) is 21.1 Å². The standard InChI is InChI=1S/C47H97N2O6P/c1-6-8-10-12-14-16-18-20-22-24-25-27-29-31-33-35-37-39-41-47(51)48-45(44-55-56(52,53)54-43-42-49(3,4)5)46(50)40-38-36-34-32-30-28-26-23-21-19-17-15-13-11-9-7-2/h45-46,50H,6-44H2,1-5H3,(H-,48,51,52,53). The molecule has 0 aromatic carbocycles. The van der Waals surface area contributed by atoms with E-state index in [4.69, 9.17) is 9.05 Å². The van der Waals surface area contributed by atoms with Crippen molar-refractivity contribution in [1.82, 2.24) is 5.32 Å². The molecule has 0 aromatic rings. The Balaban J connectivity index is 4.26. The molecule has 0 saturated heterocycles. The molecule has 3 unspecified atom stereocenters. The predicted octanol–water partition coefficient (Wildman–Crippen LogP) is 13.1. The highest BCUT2D eigenvalue weighted by Crippen LogP contribution is 2.38. The average Bonchev–Trinajstić information content (AvgIpc) is 3.15. The minimum atomic E-state index is -4.56. The molecule has 0 fully saturated rings. The Morgan fingerprint density at radius 3 is 1.21 bits per heavy atom. The summed E-state index contributed by atoms with van der Waals surface area (Å²) in [6.07, 6.45) is 43.9. The second-order valence-electron chi connectivity index (χ2n) is 18.2. The highest BCUT2D eigenvalue weighted by molar-refractivity contribution is 7.45. The summed E-state index contributed by atoms with van der Waals surface area (Å²) in [5, 5.41) is 13.9. The number of nitrogens with zero attached hydrogens (tertiary/aromatic N) is 1. The molecule has 0 aromatic heterocycles. The highest BCUT2D eigenvalue weighted by atomic mass is 31.2. The summed E-state index contributed by atoms with van der Waals surface area (Å²) >= 11 is 0. The quantitative estimate of drug-likeness (QED) is 0.0360. The lowest BCUT2D eigenvalue weighted by Gasteiger charge is -2.30. The van der Waals surface area contributed by atoms with Crippen LogP contribution in [0.4, 0.5) is 0 Å². The van der Waals surface area contributed by atoms with Crippen molar-refractivity contribution >= 4 is 13.7 Å². The molecule has 0 saturated carbocycles. The van der Waals surface area contributed by atoms with E-state index >= 15 is 0 Å². The van der Waals surface area contributed by atoms with E-state index in [2.05, 4.69) is 19.2 Å². The van der Waals surface area contributed by atoms with Gasteiger partial charge < -0.3 is 28.8 Å². The van der Waals surface area contributed by atoms with Crippen LogP contribution in [0, 0.1) is 0 Å². The number of amides is 1. The first-order valence-electron chi connectivity index (χ1n) is 24.4. The maximum atomic E-state index is 12.9. The van der Waals surface area contributed by atoms with Crippen LogP contribution < -0.4 is 10.2 Å². The minimum absolute atomic E-state index is 0.0163. The van der Waals surface area contributed by atoms with Crippen LogP contribution in [0.5, 0.6) is 0 Å². The number of hydrogen-bond acceptors (Lipinski definition) is 6. The van der Waals surface area contributed by atoms with Gasteiger partial charge in [-0.15, -0.1) is 0 Å². The molecule has 3 atom stereocenters. The lowest BCUT2D eigenvalue weighted by atomic mass is 10.0. The number of quaternary nitrogens is 1. The number of rotatable bonds is 45. The number of phosphoric acid groups is 1. The van der Waals surface area contributed by atoms with Gasteiger partial charge in [-0.1, -0.05) is 226 Å². The molecular weight excluding hydrogens is 719 g/mol. The fraction of sp³-hybridized carbons (Fsp3) is 0.979. The molecule has 0 bridgehead atoms. The summed E-state index contributed by atoms with van der Waals surface area (Å²) in [5.74, 6) is -0.159. The monoisotopic (exact) mass is 817 g/mol. The summed E-state index contributed by atoms with van der Waals surface area (Å²) in [7, 11) is 1.32. The summed E-state index contributed by atoms with van der Waals surface area (Å²) in [6, 6.07) is -0.793. The Hall–Kier alpha value is -0.500. The van der Waals surface area contributed by atoms with E-state index in [0.29, 0.717) is 23.9 Å². The van der Waals surface area contributed by atoms with Gasteiger partial charge in [0.25, 0.3) is 7.82 Å². The van der Waals surface area contributed by atoms with E-state index in [9.17, 15) is 19.4 Å². The lowest BCUT2D eigenvalue weighted by molar-refractivity contribution is -0.870. The zero-order valence-corrected chi connectivity index (χ0v) is 39.0. The van der Waals surface area contributed by atoms with Crippen LogP contribution in [0.15, 0.2) is 0 Å². The molecule has 0 aliphatic carbocycles. The zero-order valence-electron chi connectivity index (χ0n) is 38.1. The van der Waals surface area contributed by atoms with Gasteiger partial charge in [0.2, 0.25) is 5.91 Å². The molecule has 0 rings (SSSR count). The SMILES string of the molecule is CCCCCCCCCCCCCCCCCCCCC(=O)NC(COP(=O)([O-])OCC[N+](C)(C)C)C(O)CCCCCCCCCCCCCCCCCC. The van der Waals surface area contributed by atoms with Gasteiger partial charge in [0.15, 0.2) is 0 Å². The summed E-state index contributed by atoms with van der Waals surface area (Å²) in [5.41, 5.74) is 0. The highest BCUT2D eigenvalue weighted by Gasteiger charge is 2.24. The Morgan fingerprint density at radius 1 is 0.554 bits per heavy atom. The van der Waals surface area contributed by atoms with Crippen molar-refractivity contribution in [2.24, 2.45) is 0 Å². The number of nitrogens with one attached hydrogen (secondary N) is 1. The number of hydrogen-bond donors (Lipinski definition) is 2. The van der Waals surface area contributed by atoms with E-state index < -0.39 is 20.0 Å². The van der Waals surface area contributed by atoms with Crippen LogP contribution in [0.25, 0.3) is 0 Å². The Labute approximate surface area is 349 Å². The van der Waals surface area contributed by atoms with Gasteiger partial charge in [-0.3, -0.25) is 9.36 Å². The molecule has 8 nitrogen and oxygen atoms in total. The number of carbonyl (C=O) groups excluding carboxylic acids is 1. The van der Waals surface area contributed by atoms with Gasteiger partial charge in [0.1, 0.15) is 13.2 Å². The molecule has 0 aliphatic heterocycles. The summed E-state index contributed by atoms with van der Waals surface area (Å²) in [4.78, 5) is 25.4. The van der Waals surface area contributed by atoms with Crippen molar-refractivity contribution in [3.05, 3.63) is 0 Å². The molecule has 2 N–H and O–H groups in total. The molecule has 0 spiro atoms. The first kappa shape index (κ1) is 55.5. The van der Waals surface area contributed by atoms with Crippen LogP contribution in [0.2, 0.25) is 0 Å². The molecule has 0 heterocycles. The van der Waals surface area contributed by atoms with E-state index in [0.717, 1.165) is 38.5 Å². The second kappa shape index (κ2) is 39.9.